The van der Waals surface area contributed by atoms with Crippen molar-refractivity contribution < 1.29 is 63.0 Å². The molecule has 0 radical (unpaired) electrons. The van der Waals surface area contributed by atoms with Gasteiger partial charge in [0.05, 0.1) is 16.9 Å². The minimum atomic E-state index is -6.39. The van der Waals surface area contributed by atoms with Crippen LogP contribution in [-0.4, -0.2) is 68.0 Å². The predicted octanol–water partition coefficient (Wildman–Crippen LogP) is 5.43. The van der Waals surface area contributed by atoms with Gasteiger partial charge in [0.15, 0.2) is 9.84 Å². The third-order valence-corrected chi connectivity index (χ3v) is 11.7. The molecule has 7 nitrogen and oxygen atoms in total. The van der Waals surface area contributed by atoms with Crippen LogP contribution in [0.5, 0.6) is 0 Å². The molecule has 1 N–H and O–H groups in total. The molecule has 4 fully saturated rings. The van der Waals surface area contributed by atoms with Crippen molar-refractivity contribution in [1.82, 2.24) is 4.90 Å². The number of amides is 1. The van der Waals surface area contributed by atoms with E-state index in [0.717, 1.165) is 29.2 Å². The minimum Gasteiger partial charge on any atom is -0.481 e. The summed E-state index contributed by atoms with van der Waals surface area (Å²) in [6, 6.07) is 5.26. The highest BCUT2D eigenvalue weighted by Crippen LogP contribution is 2.54. The van der Waals surface area contributed by atoms with Crippen LogP contribution in [0.4, 0.5) is 35.1 Å². The van der Waals surface area contributed by atoms with Gasteiger partial charge >= 0.3 is 24.0 Å². The standard InChI is InChI=1S/C28H25F8NO6S/c29-19-5-7-20(8-6-19)44(41,42)25(17-1-3-18(4-2-17)26(30,27(31,32)33)28(34,35)36)13-14-37(15-25)21(38)24-11-9-23(10-12-24,16-43-24)22(39)40/h1-8H,9-16H2,(H,39,40)/t23?,24?,25-/m0/s1. The molecule has 44 heavy (non-hydrogen) atoms. The molecule has 3 heterocycles. The first-order chi connectivity index (χ1) is 20.2. The Bertz CT molecular complexity index is 1530. The van der Waals surface area contributed by atoms with Crippen LogP contribution in [0.15, 0.2) is 53.4 Å². The summed E-state index contributed by atoms with van der Waals surface area (Å²) in [5.74, 6) is -2.49. The number of nitrogens with zero attached hydrogens (tertiary/aromatic N) is 1. The van der Waals surface area contributed by atoms with Gasteiger partial charge in [-0.05, 0) is 61.9 Å². The zero-order chi connectivity index (χ0) is 32.6. The fourth-order valence-electron chi connectivity index (χ4n) is 6.43. The number of carboxylic acid groups (broad SMARTS) is 1. The van der Waals surface area contributed by atoms with Crippen LogP contribution in [0, 0.1) is 11.2 Å². The molecule has 6 rings (SSSR count). The molecular formula is C28H25F8NO6S. The number of ether oxygens (including phenoxy) is 1. The number of hydrogen-bond donors (Lipinski definition) is 1. The van der Waals surface area contributed by atoms with E-state index >= 15 is 0 Å². The molecule has 2 aromatic carbocycles. The quantitative estimate of drug-likeness (QED) is 0.329. The van der Waals surface area contributed by atoms with E-state index in [-0.39, 0.29) is 63.0 Å². The van der Waals surface area contributed by atoms with Crippen molar-refractivity contribution in [2.45, 2.75) is 65.4 Å². The number of aliphatic carboxylic acids is 1. The van der Waals surface area contributed by atoms with Gasteiger partial charge in [-0.25, -0.2) is 17.2 Å². The molecule has 1 aliphatic carbocycles. The maximum atomic E-state index is 14.7. The molecule has 2 bridgehead atoms. The molecule has 240 valence electrons. The maximum Gasteiger partial charge on any atom is 0.435 e. The number of carbonyl (C=O) groups excluding carboxylic acids is 1. The minimum absolute atomic E-state index is 0.0362. The van der Waals surface area contributed by atoms with Crippen molar-refractivity contribution in [3.8, 4) is 0 Å². The van der Waals surface area contributed by atoms with E-state index in [4.69, 9.17) is 4.74 Å². The third-order valence-electron chi connectivity index (χ3n) is 9.23. The van der Waals surface area contributed by atoms with Gasteiger partial charge in [0, 0.05) is 18.7 Å². The van der Waals surface area contributed by atoms with Crippen molar-refractivity contribution in [2.24, 2.45) is 5.41 Å². The highest BCUT2D eigenvalue weighted by atomic mass is 32.2. The Hall–Kier alpha value is -3.27. The van der Waals surface area contributed by atoms with Crippen LogP contribution in [-0.2, 0) is 34.6 Å². The van der Waals surface area contributed by atoms with Gasteiger partial charge in [-0.1, -0.05) is 24.3 Å². The van der Waals surface area contributed by atoms with Crippen molar-refractivity contribution >= 4 is 21.7 Å². The highest BCUT2D eigenvalue weighted by molar-refractivity contribution is 7.92. The summed E-state index contributed by atoms with van der Waals surface area (Å²) in [6.07, 6.45) is -12.8. The molecule has 0 unspecified atom stereocenters. The molecule has 1 atom stereocenters. The number of benzene rings is 2. The van der Waals surface area contributed by atoms with Crippen LogP contribution in [0.25, 0.3) is 0 Å². The van der Waals surface area contributed by atoms with Crippen molar-refractivity contribution in [3.05, 3.63) is 65.5 Å². The average Bonchev–Trinajstić information content (AvgIpc) is 3.44. The Morgan fingerprint density at radius 3 is 1.82 bits per heavy atom. The lowest BCUT2D eigenvalue weighted by Crippen LogP contribution is -2.61. The number of alkyl halides is 7. The molecule has 4 aliphatic rings. The number of rotatable bonds is 6. The van der Waals surface area contributed by atoms with Gasteiger partial charge in [-0.2, -0.15) is 26.3 Å². The van der Waals surface area contributed by atoms with Gasteiger partial charge < -0.3 is 14.7 Å². The summed E-state index contributed by atoms with van der Waals surface area (Å²) in [5.41, 5.74) is -10.5. The summed E-state index contributed by atoms with van der Waals surface area (Å²) in [4.78, 5) is 26.3. The topological polar surface area (TPSA) is 101 Å². The monoisotopic (exact) mass is 655 g/mol. The fraction of sp³-hybridized carbons (Fsp3) is 0.500. The van der Waals surface area contributed by atoms with E-state index in [1.54, 1.807) is 0 Å². The predicted molar refractivity (Wildman–Crippen MR) is 135 cm³/mol. The summed E-state index contributed by atoms with van der Waals surface area (Å²) >= 11 is 0. The van der Waals surface area contributed by atoms with Gasteiger partial charge in [-0.3, -0.25) is 9.59 Å². The lowest BCUT2D eigenvalue weighted by molar-refractivity contribution is -0.348. The molecule has 16 heteroatoms. The van der Waals surface area contributed by atoms with E-state index in [9.17, 15) is 58.2 Å². The molecular weight excluding hydrogens is 630 g/mol. The van der Waals surface area contributed by atoms with E-state index < -0.39 is 78.3 Å². The second-order valence-electron chi connectivity index (χ2n) is 11.5. The smallest absolute Gasteiger partial charge is 0.435 e. The number of likely N-dealkylation sites (tertiary alicyclic amines) is 1. The van der Waals surface area contributed by atoms with Gasteiger partial charge in [0.1, 0.15) is 16.2 Å². The number of hydrogen-bond acceptors (Lipinski definition) is 5. The lowest BCUT2D eigenvalue weighted by atomic mass is 9.65. The molecule has 1 saturated carbocycles. The summed E-state index contributed by atoms with van der Waals surface area (Å²) in [7, 11) is -4.63. The lowest BCUT2D eigenvalue weighted by Gasteiger charge is -2.50. The van der Waals surface area contributed by atoms with Crippen LogP contribution in [0.1, 0.15) is 43.2 Å². The molecule has 3 aliphatic heterocycles. The molecule has 3 saturated heterocycles. The zero-order valence-corrected chi connectivity index (χ0v) is 23.5. The van der Waals surface area contributed by atoms with Crippen molar-refractivity contribution in [1.29, 1.82) is 0 Å². The largest absolute Gasteiger partial charge is 0.481 e. The molecule has 0 spiro atoms. The fourth-order valence-corrected chi connectivity index (χ4v) is 8.51. The first-order valence-electron chi connectivity index (χ1n) is 13.4. The highest BCUT2D eigenvalue weighted by Gasteiger charge is 2.73. The average molecular weight is 656 g/mol. The zero-order valence-electron chi connectivity index (χ0n) is 22.6. The van der Waals surface area contributed by atoms with E-state index in [1.165, 1.54) is 0 Å². The van der Waals surface area contributed by atoms with Crippen LogP contribution in [0.2, 0.25) is 0 Å². The first kappa shape index (κ1) is 32.1. The van der Waals surface area contributed by atoms with E-state index in [1.807, 2.05) is 0 Å². The number of carbonyl (C=O) groups is 2. The third kappa shape index (κ3) is 4.58. The Kier molecular flexibility index (Phi) is 7.39. The number of halogens is 8. The van der Waals surface area contributed by atoms with E-state index in [0.29, 0.717) is 12.1 Å². The van der Waals surface area contributed by atoms with Crippen molar-refractivity contribution in [3.63, 3.8) is 0 Å². The van der Waals surface area contributed by atoms with Gasteiger partial charge in [0.2, 0.25) is 0 Å². The second-order valence-corrected chi connectivity index (χ2v) is 13.8. The second kappa shape index (κ2) is 10.1. The summed E-state index contributed by atoms with van der Waals surface area (Å²) in [5, 5.41) is 9.60. The Morgan fingerprint density at radius 1 is 0.818 bits per heavy atom. The van der Waals surface area contributed by atoms with Crippen LogP contribution < -0.4 is 0 Å². The normalized spacial score (nSPS) is 27.9. The summed E-state index contributed by atoms with van der Waals surface area (Å²) < 4.78 is 140. The van der Waals surface area contributed by atoms with Gasteiger partial charge in [0.25, 0.3) is 5.91 Å². The van der Waals surface area contributed by atoms with Crippen molar-refractivity contribution in [2.75, 3.05) is 19.7 Å². The maximum absolute atomic E-state index is 14.7. The number of carboxylic acids is 1. The van der Waals surface area contributed by atoms with Crippen LogP contribution >= 0.6 is 0 Å². The number of sulfone groups is 1. The Balaban J connectivity index is 1.55. The Labute approximate surface area is 245 Å². The number of fused-ring (bicyclic) bond motifs is 3. The Morgan fingerprint density at radius 2 is 1.36 bits per heavy atom. The molecule has 2 aromatic rings. The molecule has 1 amide bonds. The van der Waals surface area contributed by atoms with Crippen LogP contribution in [0.3, 0.4) is 0 Å². The SMILES string of the molecule is O=C(O)C12CCC(C(=O)N3CC[C@](c4ccc(C(F)(C(F)(F)F)C(F)(F)F)cc4)(S(=O)(=O)c4ccc(F)cc4)C3)(CC1)OC2. The first-order valence-corrected chi connectivity index (χ1v) is 14.8. The summed E-state index contributed by atoms with van der Waals surface area (Å²) in [6.45, 7) is -1.08. The van der Waals surface area contributed by atoms with E-state index in [2.05, 4.69) is 0 Å². The van der Waals surface area contributed by atoms with Gasteiger partial charge in [-0.15, -0.1) is 0 Å². The molecule has 0 aromatic heterocycles.